The van der Waals surface area contributed by atoms with E-state index in [1.807, 2.05) is 0 Å². The van der Waals surface area contributed by atoms with Gasteiger partial charge in [-0.1, -0.05) is 11.2 Å². The first-order valence-corrected chi connectivity index (χ1v) is 1.93. The minimum absolute atomic E-state index is 1.48. The molecule has 2 heteroatoms. The summed E-state index contributed by atoms with van der Waals surface area (Å²) in [7, 11) is 0. The fraction of sp³-hybridized carbons (Fsp3) is 0. The zero-order valence-electron chi connectivity index (χ0n) is 3.66. The normalized spacial score (nSPS) is 16.0. The van der Waals surface area contributed by atoms with Gasteiger partial charge in [0.15, 0.2) is 0 Å². The van der Waals surface area contributed by atoms with Crippen molar-refractivity contribution < 1.29 is 4.84 Å². The molecule has 0 N–H and O–H groups in total. The molecule has 7 heavy (non-hydrogen) atoms. The maximum Gasteiger partial charge on any atom is 0.132 e. The molecule has 0 fully saturated rings. The second-order valence-electron chi connectivity index (χ2n) is 1.01. The van der Waals surface area contributed by atoms with Crippen molar-refractivity contribution in [1.29, 1.82) is 0 Å². The van der Waals surface area contributed by atoms with E-state index in [0.29, 0.717) is 0 Å². The first-order chi connectivity index (χ1) is 3.50. The highest BCUT2D eigenvalue weighted by atomic mass is 16.6. The van der Waals surface area contributed by atoms with Gasteiger partial charge < -0.3 is 4.84 Å². The second kappa shape index (κ2) is 2.18. The summed E-state index contributed by atoms with van der Waals surface area (Å²) < 4.78 is 0. The van der Waals surface area contributed by atoms with Gasteiger partial charge in [-0.3, -0.25) is 0 Å². The standard InChI is InChI=1S/C5H4NO/c1-2-4-6-7-5-3-1/h1-3,5H. The summed E-state index contributed by atoms with van der Waals surface area (Å²) in [5, 5.41) is 3.35. The molecule has 0 aliphatic carbocycles. The van der Waals surface area contributed by atoms with Crippen LogP contribution in [0, 0.1) is 0 Å². The average Bonchev–Trinajstić information content (AvgIpc) is 1.90. The lowest BCUT2D eigenvalue weighted by molar-refractivity contribution is 0.271. The highest BCUT2D eigenvalue weighted by molar-refractivity contribution is 5.71. The predicted molar refractivity (Wildman–Crippen MR) is 26.8 cm³/mol. The Labute approximate surface area is 41.8 Å². The molecule has 0 bridgehead atoms. The average molecular weight is 94.1 g/mol. The second-order valence-corrected chi connectivity index (χ2v) is 1.01. The van der Waals surface area contributed by atoms with Gasteiger partial charge in [-0.2, -0.15) is 0 Å². The first-order valence-electron chi connectivity index (χ1n) is 1.93. The van der Waals surface area contributed by atoms with Crippen molar-refractivity contribution in [3.05, 3.63) is 24.5 Å². The van der Waals surface area contributed by atoms with E-state index in [1.165, 1.54) is 6.26 Å². The van der Waals surface area contributed by atoms with Crippen LogP contribution in [0.15, 0.2) is 29.6 Å². The number of allylic oxidation sites excluding steroid dienone is 3. The van der Waals surface area contributed by atoms with E-state index >= 15 is 0 Å². The molecule has 1 aliphatic rings. The minimum atomic E-state index is 1.48. The molecule has 0 unspecified atom stereocenters. The zero-order chi connectivity index (χ0) is 4.95. The maximum absolute atomic E-state index is 4.47. The van der Waals surface area contributed by atoms with E-state index in [9.17, 15) is 0 Å². The van der Waals surface area contributed by atoms with Gasteiger partial charge in [0.05, 0.1) is 0 Å². The molecular weight excluding hydrogens is 90.1 g/mol. The molecule has 0 saturated heterocycles. The van der Waals surface area contributed by atoms with Crippen molar-refractivity contribution in [2.45, 2.75) is 0 Å². The molecule has 1 rings (SSSR count). The Morgan fingerprint density at radius 3 is 3.43 bits per heavy atom. The van der Waals surface area contributed by atoms with Crippen molar-refractivity contribution in [2.24, 2.45) is 5.16 Å². The van der Waals surface area contributed by atoms with E-state index in [1.54, 1.807) is 18.2 Å². The summed E-state index contributed by atoms with van der Waals surface area (Å²) >= 11 is 0. The molecule has 1 radical (unpaired) electrons. The summed E-state index contributed by atoms with van der Waals surface area (Å²) in [6.45, 7) is 0. The van der Waals surface area contributed by atoms with Crippen LogP contribution < -0.4 is 0 Å². The van der Waals surface area contributed by atoms with Crippen LogP contribution >= 0.6 is 0 Å². The van der Waals surface area contributed by atoms with Crippen molar-refractivity contribution in [3.63, 3.8) is 0 Å². The number of hydrogen-bond donors (Lipinski definition) is 0. The van der Waals surface area contributed by atoms with Crippen molar-refractivity contribution in [2.75, 3.05) is 0 Å². The molecule has 35 valence electrons. The van der Waals surface area contributed by atoms with Gasteiger partial charge in [0.1, 0.15) is 12.5 Å². The third-order valence-corrected chi connectivity index (χ3v) is 0.527. The molecular formula is C5H4NO. The lowest BCUT2D eigenvalue weighted by Crippen LogP contribution is -1.61. The molecule has 0 atom stereocenters. The Balaban J connectivity index is 2.60. The molecule has 1 aliphatic heterocycles. The highest BCUT2D eigenvalue weighted by Gasteiger charge is 1.71. The van der Waals surface area contributed by atoms with Gasteiger partial charge in [-0.15, -0.1) is 0 Å². The largest absolute Gasteiger partial charge is 0.364 e. The molecule has 0 spiro atoms. The van der Waals surface area contributed by atoms with Gasteiger partial charge >= 0.3 is 0 Å². The lowest BCUT2D eigenvalue weighted by atomic mass is 10.5. The summed E-state index contributed by atoms with van der Waals surface area (Å²) in [5.41, 5.74) is 0. The minimum Gasteiger partial charge on any atom is -0.364 e. The molecule has 0 aromatic carbocycles. The third-order valence-electron chi connectivity index (χ3n) is 0.527. The molecule has 0 aromatic heterocycles. The summed E-state index contributed by atoms with van der Waals surface area (Å²) in [6.07, 6.45) is 9.19. The summed E-state index contributed by atoms with van der Waals surface area (Å²) in [4.78, 5) is 4.47. The van der Waals surface area contributed by atoms with E-state index in [-0.39, 0.29) is 0 Å². The van der Waals surface area contributed by atoms with Crippen LogP contribution in [-0.2, 0) is 4.84 Å². The molecule has 1 heterocycles. The summed E-state index contributed by atoms with van der Waals surface area (Å²) in [6, 6.07) is 0. The molecule has 0 amide bonds. The Bertz CT molecular complexity index is 110. The van der Waals surface area contributed by atoms with Gasteiger partial charge in [0, 0.05) is 0 Å². The summed E-state index contributed by atoms with van der Waals surface area (Å²) in [5.74, 6) is 0. The van der Waals surface area contributed by atoms with Crippen LogP contribution in [0.5, 0.6) is 0 Å². The van der Waals surface area contributed by atoms with Crippen LogP contribution in [0.3, 0.4) is 0 Å². The Hall–Kier alpha value is -1.05. The molecule has 2 nitrogen and oxygen atoms in total. The van der Waals surface area contributed by atoms with Gasteiger partial charge in [0.25, 0.3) is 0 Å². The number of hydrogen-bond acceptors (Lipinski definition) is 2. The fourth-order valence-corrected chi connectivity index (χ4v) is 0.270. The van der Waals surface area contributed by atoms with Crippen LogP contribution in [-0.4, -0.2) is 6.21 Å². The van der Waals surface area contributed by atoms with Crippen molar-refractivity contribution in [3.8, 4) is 0 Å². The van der Waals surface area contributed by atoms with Gasteiger partial charge in [-0.05, 0) is 12.2 Å². The lowest BCUT2D eigenvalue weighted by Gasteiger charge is -1.77. The number of nitrogens with zero attached hydrogens (tertiary/aromatic N) is 1. The third kappa shape index (κ3) is 1.22. The highest BCUT2D eigenvalue weighted by Crippen LogP contribution is 1.83. The first kappa shape index (κ1) is 4.12. The molecule has 0 aromatic rings. The maximum atomic E-state index is 4.47. The van der Waals surface area contributed by atoms with E-state index in [2.05, 4.69) is 16.2 Å². The number of rotatable bonds is 0. The van der Waals surface area contributed by atoms with E-state index < -0.39 is 0 Å². The smallest absolute Gasteiger partial charge is 0.132 e. The van der Waals surface area contributed by atoms with Crippen molar-refractivity contribution in [1.82, 2.24) is 0 Å². The van der Waals surface area contributed by atoms with Crippen LogP contribution in [0.25, 0.3) is 0 Å². The van der Waals surface area contributed by atoms with Crippen LogP contribution in [0.4, 0.5) is 0 Å². The SMILES string of the molecule is [C]1=NOC=CC=C1. The van der Waals surface area contributed by atoms with Crippen LogP contribution in [0.2, 0.25) is 0 Å². The van der Waals surface area contributed by atoms with Crippen LogP contribution in [0.1, 0.15) is 0 Å². The van der Waals surface area contributed by atoms with Gasteiger partial charge in [0.2, 0.25) is 0 Å². The zero-order valence-corrected chi connectivity index (χ0v) is 3.66. The Morgan fingerprint density at radius 1 is 1.43 bits per heavy atom. The monoisotopic (exact) mass is 94.0 g/mol. The fourth-order valence-electron chi connectivity index (χ4n) is 0.270. The predicted octanol–water partition coefficient (Wildman–Crippen LogP) is 0.949. The van der Waals surface area contributed by atoms with E-state index in [4.69, 9.17) is 0 Å². The Morgan fingerprint density at radius 2 is 2.43 bits per heavy atom. The van der Waals surface area contributed by atoms with Crippen molar-refractivity contribution >= 4 is 6.21 Å². The topological polar surface area (TPSA) is 21.6 Å². The van der Waals surface area contributed by atoms with Gasteiger partial charge in [-0.25, -0.2) is 0 Å². The molecule has 0 saturated carbocycles. The Kier molecular flexibility index (Phi) is 1.28. The quantitative estimate of drug-likeness (QED) is 0.438. The van der Waals surface area contributed by atoms with E-state index in [0.717, 1.165) is 0 Å².